The van der Waals surface area contributed by atoms with Crippen LogP contribution in [0.25, 0.3) is 0 Å². The molecule has 1 N–H and O–H groups in total. The van der Waals surface area contributed by atoms with Crippen LogP contribution in [-0.4, -0.2) is 34.3 Å². The molecule has 1 aromatic carbocycles. The van der Waals surface area contributed by atoms with E-state index in [1.165, 1.54) is 6.42 Å². The monoisotopic (exact) mass is 293 g/mol. The normalized spacial score (nSPS) is 18.6. The highest BCUT2D eigenvalue weighted by Gasteiger charge is 2.22. The standard InChI is InChI=1S/C16H23NO2S/c1-12(18)14-6-8-15(9-7-14)20-13(2)16(19)17-10-4-3-5-11-17/h6-9,12-13,18H,3-5,10-11H2,1-2H3. The van der Waals surface area contributed by atoms with Gasteiger partial charge >= 0.3 is 0 Å². The lowest BCUT2D eigenvalue weighted by molar-refractivity contribution is -0.131. The molecule has 0 spiro atoms. The Bertz CT molecular complexity index is 438. The Balaban J connectivity index is 1.92. The van der Waals surface area contributed by atoms with Crippen LogP contribution in [-0.2, 0) is 4.79 Å². The molecule has 0 aliphatic carbocycles. The van der Waals surface area contributed by atoms with Crippen LogP contribution < -0.4 is 0 Å². The second-order valence-corrected chi connectivity index (χ2v) is 6.81. The van der Waals surface area contributed by atoms with Gasteiger partial charge in [0.25, 0.3) is 0 Å². The Kier molecular flexibility index (Phi) is 5.49. The lowest BCUT2D eigenvalue weighted by Crippen LogP contribution is -2.40. The number of rotatable bonds is 4. The zero-order valence-corrected chi connectivity index (χ0v) is 13.0. The number of carbonyl (C=O) groups is 1. The SMILES string of the molecule is CC(Sc1ccc(C(C)O)cc1)C(=O)N1CCCCC1. The molecule has 0 radical (unpaired) electrons. The molecule has 1 aromatic rings. The van der Waals surface area contributed by atoms with Crippen LogP contribution in [0.3, 0.4) is 0 Å². The van der Waals surface area contributed by atoms with E-state index in [0.29, 0.717) is 0 Å². The first-order valence-corrected chi connectivity index (χ1v) is 8.19. The van der Waals surface area contributed by atoms with Crippen LogP contribution in [0.4, 0.5) is 0 Å². The third-order valence-corrected chi connectivity index (χ3v) is 4.79. The molecule has 0 aromatic heterocycles. The van der Waals surface area contributed by atoms with Crippen molar-refractivity contribution >= 4 is 17.7 Å². The van der Waals surface area contributed by atoms with Crippen molar-refractivity contribution in [2.24, 2.45) is 0 Å². The number of nitrogens with zero attached hydrogens (tertiary/aromatic N) is 1. The van der Waals surface area contributed by atoms with Crippen LogP contribution in [0.15, 0.2) is 29.2 Å². The Morgan fingerprint density at radius 3 is 2.30 bits per heavy atom. The fourth-order valence-corrected chi connectivity index (χ4v) is 3.40. The fourth-order valence-electron chi connectivity index (χ4n) is 2.45. The highest BCUT2D eigenvalue weighted by Crippen LogP contribution is 2.26. The minimum absolute atomic E-state index is 0.0505. The van der Waals surface area contributed by atoms with E-state index < -0.39 is 6.10 Å². The van der Waals surface area contributed by atoms with Crippen molar-refractivity contribution in [3.8, 4) is 0 Å². The van der Waals surface area contributed by atoms with E-state index in [0.717, 1.165) is 36.4 Å². The van der Waals surface area contributed by atoms with Gasteiger partial charge in [0.2, 0.25) is 5.91 Å². The maximum Gasteiger partial charge on any atom is 0.235 e. The van der Waals surface area contributed by atoms with E-state index in [1.54, 1.807) is 18.7 Å². The van der Waals surface area contributed by atoms with E-state index >= 15 is 0 Å². The number of likely N-dealkylation sites (tertiary alicyclic amines) is 1. The molecular weight excluding hydrogens is 270 g/mol. The number of aliphatic hydroxyl groups excluding tert-OH is 1. The molecule has 0 saturated carbocycles. The molecule has 2 atom stereocenters. The summed E-state index contributed by atoms with van der Waals surface area (Å²) in [6.45, 7) is 5.55. The Morgan fingerprint density at radius 2 is 1.75 bits per heavy atom. The number of carbonyl (C=O) groups excluding carboxylic acids is 1. The summed E-state index contributed by atoms with van der Waals surface area (Å²) in [5.74, 6) is 0.245. The van der Waals surface area contributed by atoms with Crippen LogP contribution in [0.5, 0.6) is 0 Å². The Hall–Kier alpha value is -1.00. The molecule has 1 amide bonds. The van der Waals surface area contributed by atoms with Gasteiger partial charge in [0.15, 0.2) is 0 Å². The number of aliphatic hydroxyl groups is 1. The van der Waals surface area contributed by atoms with Gasteiger partial charge < -0.3 is 10.0 Å². The summed E-state index contributed by atoms with van der Waals surface area (Å²) < 4.78 is 0. The number of hydrogen-bond donors (Lipinski definition) is 1. The van der Waals surface area contributed by atoms with Gasteiger partial charge in [-0.1, -0.05) is 12.1 Å². The summed E-state index contributed by atoms with van der Waals surface area (Å²) in [5, 5.41) is 9.44. The Morgan fingerprint density at radius 1 is 1.15 bits per heavy atom. The van der Waals surface area contributed by atoms with Crippen LogP contribution in [0, 0.1) is 0 Å². The lowest BCUT2D eigenvalue weighted by atomic mass is 10.1. The minimum atomic E-state index is -0.443. The van der Waals surface area contributed by atoms with Gasteiger partial charge in [-0.15, -0.1) is 11.8 Å². The van der Waals surface area contributed by atoms with Crippen molar-refractivity contribution in [1.29, 1.82) is 0 Å². The molecule has 0 bridgehead atoms. The van der Waals surface area contributed by atoms with Gasteiger partial charge in [-0.05, 0) is 50.8 Å². The number of amides is 1. The third kappa shape index (κ3) is 4.00. The molecule has 2 rings (SSSR count). The topological polar surface area (TPSA) is 40.5 Å². The van der Waals surface area contributed by atoms with Gasteiger partial charge in [-0.25, -0.2) is 0 Å². The van der Waals surface area contributed by atoms with Gasteiger partial charge in [0.05, 0.1) is 11.4 Å². The molecule has 1 saturated heterocycles. The summed E-state index contributed by atoms with van der Waals surface area (Å²) >= 11 is 1.59. The quantitative estimate of drug-likeness (QED) is 0.866. The minimum Gasteiger partial charge on any atom is -0.389 e. The van der Waals surface area contributed by atoms with E-state index in [4.69, 9.17) is 0 Å². The van der Waals surface area contributed by atoms with Crippen molar-refractivity contribution in [1.82, 2.24) is 4.90 Å². The molecule has 3 nitrogen and oxygen atoms in total. The molecule has 20 heavy (non-hydrogen) atoms. The first kappa shape index (κ1) is 15.4. The summed E-state index contributed by atoms with van der Waals surface area (Å²) in [6.07, 6.45) is 3.06. The number of hydrogen-bond acceptors (Lipinski definition) is 3. The zero-order chi connectivity index (χ0) is 14.5. The maximum atomic E-state index is 12.3. The van der Waals surface area contributed by atoms with Gasteiger partial charge in [-0.3, -0.25) is 4.79 Å². The first-order chi connectivity index (χ1) is 9.58. The summed E-state index contributed by atoms with van der Waals surface area (Å²) in [7, 11) is 0. The average Bonchev–Trinajstić information content (AvgIpc) is 2.48. The van der Waals surface area contributed by atoms with Gasteiger partial charge in [0.1, 0.15) is 0 Å². The van der Waals surface area contributed by atoms with Crippen LogP contribution in [0.2, 0.25) is 0 Å². The second-order valence-electron chi connectivity index (χ2n) is 5.39. The second kappa shape index (κ2) is 7.14. The van der Waals surface area contributed by atoms with E-state index in [2.05, 4.69) is 0 Å². The fraction of sp³-hybridized carbons (Fsp3) is 0.562. The average molecular weight is 293 g/mol. The Labute approximate surface area is 125 Å². The van der Waals surface area contributed by atoms with E-state index in [9.17, 15) is 9.90 Å². The predicted molar refractivity (Wildman–Crippen MR) is 82.8 cm³/mol. The summed E-state index contributed by atoms with van der Waals surface area (Å²) in [6, 6.07) is 7.80. The highest BCUT2D eigenvalue weighted by atomic mass is 32.2. The smallest absolute Gasteiger partial charge is 0.235 e. The van der Waals surface area contributed by atoms with Crippen LogP contribution in [0.1, 0.15) is 44.8 Å². The maximum absolute atomic E-state index is 12.3. The van der Waals surface area contributed by atoms with Crippen molar-refractivity contribution in [2.45, 2.75) is 49.4 Å². The summed E-state index contributed by atoms with van der Waals surface area (Å²) in [5.41, 5.74) is 0.907. The van der Waals surface area contributed by atoms with Crippen LogP contribution >= 0.6 is 11.8 Å². The van der Waals surface area contributed by atoms with Crippen molar-refractivity contribution in [2.75, 3.05) is 13.1 Å². The molecule has 1 fully saturated rings. The third-order valence-electron chi connectivity index (χ3n) is 3.69. The molecule has 2 unspecified atom stereocenters. The van der Waals surface area contributed by atoms with Gasteiger partial charge in [-0.2, -0.15) is 0 Å². The highest BCUT2D eigenvalue weighted by molar-refractivity contribution is 8.00. The summed E-state index contributed by atoms with van der Waals surface area (Å²) in [4.78, 5) is 15.4. The van der Waals surface area contributed by atoms with E-state index in [1.807, 2.05) is 36.1 Å². The van der Waals surface area contributed by atoms with Crippen molar-refractivity contribution < 1.29 is 9.90 Å². The molecule has 110 valence electrons. The van der Waals surface area contributed by atoms with Crippen molar-refractivity contribution in [3.63, 3.8) is 0 Å². The van der Waals surface area contributed by atoms with Gasteiger partial charge in [0, 0.05) is 18.0 Å². The molecule has 1 aliphatic rings. The zero-order valence-electron chi connectivity index (χ0n) is 12.2. The number of benzene rings is 1. The molecule has 4 heteroatoms. The number of piperidine rings is 1. The van der Waals surface area contributed by atoms with E-state index in [-0.39, 0.29) is 11.2 Å². The lowest BCUT2D eigenvalue weighted by Gasteiger charge is -2.29. The number of thioether (sulfide) groups is 1. The molecular formula is C16H23NO2S. The largest absolute Gasteiger partial charge is 0.389 e. The predicted octanol–water partition coefficient (Wildman–Crippen LogP) is 3.23. The molecule has 1 aliphatic heterocycles. The first-order valence-electron chi connectivity index (χ1n) is 7.31. The molecule has 1 heterocycles. The van der Waals surface area contributed by atoms with Crippen molar-refractivity contribution in [3.05, 3.63) is 29.8 Å².